The van der Waals surface area contributed by atoms with Crippen LogP contribution in [0.5, 0.6) is 0 Å². The molecule has 23 heavy (non-hydrogen) atoms. The molecular weight excluding hydrogens is 306 g/mol. The lowest BCUT2D eigenvalue weighted by atomic mass is 10.1. The number of hydrogen-bond donors (Lipinski definition) is 2. The van der Waals surface area contributed by atoms with Gasteiger partial charge in [0.05, 0.1) is 11.9 Å². The summed E-state index contributed by atoms with van der Waals surface area (Å²) in [7, 11) is 0. The van der Waals surface area contributed by atoms with E-state index in [9.17, 15) is 0 Å². The van der Waals surface area contributed by atoms with Gasteiger partial charge in [0.25, 0.3) is 0 Å². The highest BCUT2D eigenvalue weighted by Gasteiger charge is 2.19. The van der Waals surface area contributed by atoms with Crippen molar-refractivity contribution in [3.63, 3.8) is 0 Å². The Labute approximate surface area is 137 Å². The van der Waals surface area contributed by atoms with Gasteiger partial charge in [0.15, 0.2) is 0 Å². The van der Waals surface area contributed by atoms with E-state index in [0.29, 0.717) is 0 Å². The maximum absolute atomic E-state index is 4.49. The summed E-state index contributed by atoms with van der Waals surface area (Å²) in [5.41, 5.74) is 7.09. The molecular formula is C17H15N5S. The third-order valence-corrected chi connectivity index (χ3v) is 5.41. The summed E-state index contributed by atoms with van der Waals surface area (Å²) < 4.78 is 0. The van der Waals surface area contributed by atoms with Crippen LogP contribution in [0.1, 0.15) is 22.4 Å². The van der Waals surface area contributed by atoms with Crippen LogP contribution in [0.3, 0.4) is 0 Å². The number of thioether (sulfide) groups is 1. The second-order valence-corrected chi connectivity index (χ2v) is 6.94. The first-order chi connectivity index (χ1) is 11.4. The number of nitrogens with one attached hydrogen (secondary N) is 2. The van der Waals surface area contributed by atoms with E-state index in [1.807, 2.05) is 18.0 Å². The zero-order chi connectivity index (χ0) is 15.2. The zero-order valence-corrected chi connectivity index (χ0v) is 13.3. The minimum Gasteiger partial charge on any atom is -0.343 e. The highest BCUT2D eigenvalue weighted by Crippen LogP contribution is 2.35. The van der Waals surface area contributed by atoms with Crippen LogP contribution in [0.4, 0.5) is 11.5 Å². The molecule has 0 fully saturated rings. The number of aliphatic imine (C=N–C) groups is 1. The molecule has 4 heterocycles. The first-order valence-corrected chi connectivity index (χ1v) is 8.86. The number of fused-ring (bicyclic) bond motifs is 4. The Morgan fingerprint density at radius 2 is 2.22 bits per heavy atom. The Bertz CT molecular complexity index is 944. The lowest BCUT2D eigenvalue weighted by Gasteiger charge is -2.12. The maximum Gasteiger partial charge on any atom is 0.143 e. The van der Waals surface area contributed by atoms with Crippen LogP contribution in [-0.2, 0) is 18.7 Å². The van der Waals surface area contributed by atoms with Gasteiger partial charge in [-0.2, -0.15) is 11.8 Å². The van der Waals surface area contributed by atoms with E-state index in [-0.39, 0.29) is 0 Å². The van der Waals surface area contributed by atoms with Gasteiger partial charge in [0, 0.05) is 23.3 Å². The van der Waals surface area contributed by atoms with Crippen molar-refractivity contribution in [2.45, 2.75) is 18.7 Å². The highest BCUT2D eigenvalue weighted by molar-refractivity contribution is 7.98. The summed E-state index contributed by atoms with van der Waals surface area (Å²) in [6.45, 7) is 0.788. The summed E-state index contributed by atoms with van der Waals surface area (Å²) in [6, 6.07) is 6.36. The molecule has 5 rings (SSSR count). The van der Waals surface area contributed by atoms with Crippen LogP contribution in [-0.4, -0.2) is 26.9 Å². The lowest BCUT2D eigenvalue weighted by Crippen LogP contribution is -2.01. The average Bonchev–Trinajstić information content (AvgIpc) is 3.18. The number of rotatable bonds is 2. The van der Waals surface area contributed by atoms with Gasteiger partial charge in [-0.05, 0) is 41.0 Å². The normalized spacial score (nSPS) is 15.7. The van der Waals surface area contributed by atoms with Crippen LogP contribution in [0.15, 0.2) is 29.5 Å². The molecule has 0 unspecified atom stereocenters. The predicted octanol–water partition coefficient (Wildman–Crippen LogP) is 3.42. The van der Waals surface area contributed by atoms with E-state index >= 15 is 0 Å². The van der Waals surface area contributed by atoms with Gasteiger partial charge in [0.1, 0.15) is 17.8 Å². The molecule has 2 aromatic heterocycles. The smallest absolute Gasteiger partial charge is 0.143 e. The summed E-state index contributed by atoms with van der Waals surface area (Å²) in [4.78, 5) is 16.7. The first-order valence-electron chi connectivity index (χ1n) is 7.70. The Balaban J connectivity index is 1.60. The minimum absolute atomic E-state index is 0.788. The molecule has 0 atom stereocenters. The van der Waals surface area contributed by atoms with Crippen molar-refractivity contribution in [3.8, 4) is 0 Å². The molecule has 5 nitrogen and oxygen atoms in total. The van der Waals surface area contributed by atoms with Crippen molar-refractivity contribution in [1.29, 1.82) is 0 Å². The summed E-state index contributed by atoms with van der Waals surface area (Å²) in [5.74, 6) is 3.07. The van der Waals surface area contributed by atoms with Gasteiger partial charge in [0.2, 0.25) is 0 Å². The number of aromatic amines is 1. The molecule has 3 aromatic rings. The number of H-pyrrole nitrogens is 1. The lowest BCUT2D eigenvalue weighted by molar-refractivity contribution is 1.03. The van der Waals surface area contributed by atoms with Gasteiger partial charge < -0.3 is 10.3 Å². The highest BCUT2D eigenvalue weighted by atomic mass is 32.2. The number of aromatic nitrogens is 3. The van der Waals surface area contributed by atoms with E-state index in [1.54, 1.807) is 6.33 Å². The van der Waals surface area contributed by atoms with Crippen LogP contribution < -0.4 is 5.32 Å². The molecule has 6 heteroatoms. The quantitative estimate of drug-likeness (QED) is 0.759. The van der Waals surface area contributed by atoms with Gasteiger partial charge in [-0.3, -0.25) is 4.99 Å². The third kappa shape index (κ3) is 2.13. The Hall–Kier alpha value is -2.34. The van der Waals surface area contributed by atoms with Crippen LogP contribution in [0.2, 0.25) is 0 Å². The minimum atomic E-state index is 0.788. The van der Waals surface area contributed by atoms with Gasteiger partial charge in [-0.25, -0.2) is 9.97 Å². The molecule has 0 saturated heterocycles. The fraction of sp³-hybridized carbons (Fsp3) is 0.235. The summed E-state index contributed by atoms with van der Waals surface area (Å²) in [5, 5.41) is 4.60. The van der Waals surface area contributed by atoms with Crippen molar-refractivity contribution in [2.24, 2.45) is 4.99 Å². The van der Waals surface area contributed by atoms with Crippen molar-refractivity contribution in [3.05, 3.63) is 46.9 Å². The monoisotopic (exact) mass is 321 g/mol. The van der Waals surface area contributed by atoms with E-state index < -0.39 is 0 Å². The molecule has 0 saturated carbocycles. The number of anilines is 2. The molecule has 114 valence electrons. The molecule has 0 aliphatic carbocycles. The molecule has 0 amide bonds. The topological polar surface area (TPSA) is 66.0 Å². The van der Waals surface area contributed by atoms with Crippen LogP contribution >= 0.6 is 11.8 Å². The number of aryl methyl sites for hydroxylation is 1. The van der Waals surface area contributed by atoms with E-state index in [2.05, 4.69) is 43.5 Å². The number of benzene rings is 1. The SMILES string of the molecule is C1=NCc2ccc(Nc3ncnc4[nH]c5c(c34)CSCC5)cc21. The van der Waals surface area contributed by atoms with Gasteiger partial charge in [-0.1, -0.05) is 6.07 Å². The standard InChI is InChI=1S/C17H15N5S/c1-2-12(5-11-7-18-6-10(1)11)21-16-15-13-8-23-4-3-14(13)22-17(15)20-9-19-16/h1-2,5,7,9H,3-4,6,8H2,(H2,19,20,21,22). The summed E-state index contributed by atoms with van der Waals surface area (Å²) >= 11 is 1.97. The number of hydrogen-bond acceptors (Lipinski definition) is 5. The second-order valence-electron chi connectivity index (χ2n) is 5.84. The average molecular weight is 321 g/mol. The maximum atomic E-state index is 4.49. The molecule has 2 aliphatic heterocycles. The van der Waals surface area contributed by atoms with Gasteiger partial charge >= 0.3 is 0 Å². The van der Waals surface area contributed by atoms with Crippen molar-refractivity contribution < 1.29 is 0 Å². The largest absolute Gasteiger partial charge is 0.343 e. The van der Waals surface area contributed by atoms with Crippen molar-refractivity contribution in [2.75, 3.05) is 11.1 Å². The molecule has 1 aromatic carbocycles. The molecule has 2 aliphatic rings. The summed E-state index contributed by atoms with van der Waals surface area (Å²) in [6.07, 6.45) is 4.63. The number of nitrogens with zero attached hydrogens (tertiary/aromatic N) is 3. The van der Waals surface area contributed by atoms with E-state index in [4.69, 9.17) is 0 Å². The van der Waals surface area contributed by atoms with Crippen molar-refractivity contribution >= 4 is 40.5 Å². The van der Waals surface area contributed by atoms with Gasteiger partial charge in [-0.15, -0.1) is 0 Å². The third-order valence-electron chi connectivity index (χ3n) is 4.43. The molecule has 0 spiro atoms. The van der Waals surface area contributed by atoms with Crippen LogP contribution in [0.25, 0.3) is 11.0 Å². The zero-order valence-electron chi connectivity index (χ0n) is 12.5. The first kappa shape index (κ1) is 13.1. The van der Waals surface area contributed by atoms with Crippen LogP contribution in [0, 0.1) is 0 Å². The second kappa shape index (κ2) is 5.09. The van der Waals surface area contributed by atoms with E-state index in [1.165, 1.54) is 28.1 Å². The fourth-order valence-corrected chi connectivity index (χ4v) is 4.28. The van der Waals surface area contributed by atoms with Crippen molar-refractivity contribution in [1.82, 2.24) is 15.0 Å². The Morgan fingerprint density at radius 1 is 1.22 bits per heavy atom. The molecule has 2 N–H and O–H groups in total. The Kier molecular flexibility index (Phi) is 2.91. The molecule has 0 bridgehead atoms. The molecule has 0 radical (unpaired) electrons. The van der Waals surface area contributed by atoms with E-state index in [0.717, 1.165) is 41.3 Å². The Morgan fingerprint density at radius 3 is 3.22 bits per heavy atom. The fourth-order valence-electron chi connectivity index (χ4n) is 3.27. The predicted molar refractivity (Wildman–Crippen MR) is 94.8 cm³/mol.